The summed E-state index contributed by atoms with van der Waals surface area (Å²) in [5, 5.41) is 3.12. The first-order valence-corrected chi connectivity index (χ1v) is 6.45. The Kier molecular flexibility index (Phi) is 2.97. The summed E-state index contributed by atoms with van der Waals surface area (Å²) < 4.78 is 27.4. The van der Waals surface area contributed by atoms with E-state index >= 15 is 0 Å². The molecule has 0 amide bonds. The number of benzene rings is 2. The molecule has 3 heteroatoms. The van der Waals surface area contributed by atoms with Crippen LogP contribution >= 0.6 is 0 Å². The van der Waals surface area contributed by atoms with Crippen LogP contribution < -0.4 is 5.32 Å². The first-order chi connectivity index (χ1) is 9.15. The van der Waals surface area contributed by atoms with Crippen molar-refractivity contribution >= 4 is 5.69 Å². The third-order valence-corrected chi connectivity index (χ3v) is 3.71. The summed E-state index contributed by atoms with van der Waals surface area (Å²) in [6.07, 6.45) is 1.89. The van der Waals surface area contributed by atoms with Crippen LogP contribution in [0.1, 0.15) is 29.2 Å². The molecule has 3 rings (SSSR count). The van der Waals surface area contributed by atoms with Crippen LogP contribution in [0.4, 0.5) is 14.5 Å². The molecule has 0 aromatic heterocycles. The van der Waals surface area contributed by atoms with Crippen molar-refractivity contribution < 1.29 is 8.78 Å². The molecule has 1 N–H and O–H groups in total. The van der Waals surface area contributed by atoms with Crippen LogP contribution in [0, 0.1) is 18.6 Å². The zero-order valence-corrected chi connectivity index (χ0v) is 10.7. The van der Waals surface area contributed by atoms with E-state index in [9.17, 15) is 8.78 Å². The van der Waals surface area contributed by atoms with Crippen molar-refractivity contribution in [2.24, 2.45) is 0 Å². The highest BCUT2D eigenvalue weighted by Crippen LogP contribution is 2.34. The molecule has 1 aliphatic carbocycles. The number of nitrogens with one attached hydrogen (secondary N) is 1. The Morgan fingerprint density at radius 3 is 2.74 bits per heavy atom. The molecule has 1 unspecified atom stereocenters. The van der Waals surface area contributed by atoms with Gasteiger partial charge >= 0.3 is 0 Å². The molecule has 1 nitrogen and oxygen atoms in total. The van der Waals surface area contributed by atoms with Crippen molar-refractivity contribution in [2.45, 2.75) is 25.8 Å². The first kappa shape index (κ1) is 12.2. The topological polar surface area (TPSA) is 12.0 Å². The maximum absolute atomic E-state index is 13.8. The predicted molar refractivity (Wildman–Crippen MR) is 72.2 cm³/mol. The molecule has 98 valence electrons. The number of fused-ring (bicyclic) bond motifs is 1. The lowest BCUT2D eigenvalue weighted by Gasteiger charge is -2.16. The molecule has 0 saturated carbocycles. The van der Waals surface area contributed by atoms with Gasteiger partial charge < -0.3 is 5.32 Å². The second-order valence-corrected chi connectivity index (χ2v) is 5.02. The monoisotopic (exact) mass is 259 g/mol. The Bertz CT molecular complexity index is 622. The minimum atomic E-state index is -0.400. The molecule has 0 bridgehead atoms. The van der Waals surface area contributed by atoms with Gasteiger partial charge in [0.25, 0.3) is 0 Å². The number of anilines is 1. The van der Waals surface area contributed by atoms with E-state index in [2.05, 4.69) is 11.4 Å². The van der Waals surface area contributed by atoms with Crippen LogP contribution in [0.3, 0.4) is 0 Å². The van der Waals surface area contributed by atoms with E-state index in [1.54, 1.807) is 6.92 Å². The summed E-state index contributed by atoms with van der Waals surface area (Å²) in [4.78, 5) is 0. The molecule has 0 heterocycles. The van der Waals surface area contributed by atoms with Gasteiger partial charge in [-0.15, -0.1) is 0 Å². The third-order valence-electron chi connectivity index (χ3n) is 3.71. The summed E-state index contributed by atoms with van der Waals surface area (Å²) in [5.41, 5.74) is 3.04. The van der Waals surface area contributed by atoms with Crippen LogP contribution in [0.15, 0.2) is 36.4 Å². The van der Waals surface area contributed by atoms with Gasteiger partial charge in [-0.05, 0) is 42.5 Å². The third kappa shape index (κ3) is 2.21. The van der Waals surface area contributed by atoms with Gasteiger partial charge in [-0.2, -0.15) is 0 Å². The number of halogens is 2. The average Bonchev–Trinajstić information content (AvgIpc) is 2.80. The lowest BCUT2D eigenvalue weighted by Crippen LogP contribution is -2.09. The minimum Gasteiger partial charge on any atom is -0.376 e. The van der Waals surface area contributed by atoms with Gasteiger partial charge in [0.15, 0.2) is 0 Å². The van der Waals surface area contributed by atoms with Crippen LogP contribution in [-0.2, 0) is 6.42 Å². The van der Waals surface area contributed by atoms with Crippen molar-refractivity contribution in [2.75, 3.05) is 5.32 Å². The molecule has 0 aliphatic heterocycles. The molecule has 2 aromatic rings. The van der Waals surface area contributed by atoms with Gasteiger partial charge in [-0.1, -0.05) is 24.3 Å². The Morgan fingerprint density at radius 1 is 1.11 bits per heavy atom. The fourth-order valence-electron chi connectivity index (χ4n) is 2.65. The Balaban J connectivity index is 1.89. The van der Waals surface area contributed by atoms with Crippen molar-refractivity contribution in [3.8, 4) is 0 Å². The van der Waals surface area contributed by atoms with Gasteiger partial charge in [-0.3, -0.25) is 0 Å². The van der Waals surface area contributed by atoms with Crippen LogP contribution in [0.5, 0.6) is 0 Å². The second-order valence-electron chi connectivity index (χ2n) is 5.02. The van der Waals surface area contributed by atoms with Gasteiger partial charge in [0.2, 0.25) is 0 Å². The first-order valence-electron chi connectivity index (χ1n) is 6.45. The second kappa shape index (κ2) is 4.65. The Morgan fingerprint density at radius 2 is 1.89 bits per heavy atom. The van der Waals surface area contributed by atoms with Crippen LogP contribution in [0.2, 0.25) is 0 Å². The minimum absolute atomic E-state index is 0.0628. The standard InChI is InChI=1S/C16H15F2N/c1-10-8-14(18)16(9-13(10)17)19-15-7-6-11-4-2-3-5-12(11)15/h2-5,8-9,15,19H,6-7H2,1H3. The maximum atomic E-state index is 13.8. The summed E-state index contributed by atoms with van der Waals surface area (Å²) in [5.74, 6) is -0.779. The molecule has 0 fully saturated rings. The largest absolute Gasteiger partial charge is 0.376 e. The molecule has 0 radical (unpaired) electrons. The highest BCUT2D eigenvalue weighted by atomic mass is 19.1. The summed E-state index contributed by atoms with van der Waals surface area (Å²) in [6, 6.07) is 10.7. The van der Waals surface area contributed by atoms with E-state index in [0.29, 0.717) is 5.56 Å². The highest BCUT2D eigenvalue weighted by molar-refractivity contribution is 5.50. The molecule has 1 atom stereocenters. The number of rotatable bonds is 2. The van der Waals surface area contributed by atoms with E-state index < -0.39 is 5.82 Å². The van der Waals surface area contributed by atoms with Crippen molar-refractivity contribution in [3.63, 3.8) is 0 Å². The maximum Gasteiger partial charge on any atom is 0.146 e. The van der Waals surface area contributed by atoms with Gasteiger partial charge in [0.05, 0.1) is 11.7 Å². The lowest BCUT2D eigenvalue weighted by atomic mass is 10.1. The van der Waals surface area contributed by atoms with E-state index in [1.165, 1.54) is 23.3 Å². The Hall–Kier alpha value is -1.90. The van der Waals surface area contributed by atoms with Crippen molar-refractivity contribution in [3.05, 3.63) is 64.7 Å². The summed E-state index contributed by atoms with van der Waals surface area (Å²) in [6.45, 7) is 1.56. The highest BCUT2D eigenvalue weighted by Gasteiger charge is 2.22. The van der Waals surface area contributed by atoms with Crippen LogP contribution in [0.25, 0.3) is 0 Å². The van der Waals surface area contributed by atoms with E-state index in [-0.39, 0.29) is 17.5 Å². The van der Waals surface area contributed by atoms with E-state index in [1.807, 2.05) is 18.2 Å². The van der Waals surface area contributed by atoms with E-state index in [0.717, 1.165) is 12.8 Å². The zero-order valence-electron chi connectivity index (χ0n) is 10.7. The van der Waals surface area contributed by atoms with E-state index in [4.69, 9.17) is 0 Å². The van der Waals surface area contributed by atoms with Gasteiger partial charge in [-0.25, -0.2) is 8.78 Å². The molecule has 0 saturated heterocycles. The lowest BCUT2D eigenvalue weighted by molar-refractivity contribution is 0.591. The fraction of sp³-hybridized carbons (Fsp3) is 0.250. The SMILES string of the molecule is Cc1cc(F)c(NC2CCc3ccccc32)cc1F. The summed E-state index contributed by atoms with van der Waals surface area (Å²) >= 11 is 0. The molecule has 19 heavy (non-hydrogen) atoms. The molecule has 1 aliphatic rings. The average molecular weight is 259 g/mol. The quantitative estimate of drug-likeness (QED) is 0.844. The molecular weight excluding hydrogens is 244 g/mol. The number of hydrogen-bond acceptors (Lipinski definition) is 1. The predicted octanol–water partition coefficient (Wildman–Crippen LogP) is 4.37. The van der Waals surface area contributed by atoms with Crippen molar-refractivity contribution in [1.82, 2.24) is 0 Å². The van der Waals surface area contributed by atoms with Crippen LogP contribution in [-0.4, -0.2) is 0 Å². The molecule has 0 spiro atoms. The number of hydrogen-bond donors (Lipinski definition) is 1. The van der Waals surface area contributed by atoms with Crippen molar-refractivity contribution in [1.29, 1.82) is 0 Å². The van der Waals surface area contributed by atoms with Gasteiger partial charge in [0.1, 0.15) is 11.6 Å². The zero-order chi connectivity index (χ0) is 13.4. The molecular formula is C16H15F2N. The fourth-order valence-corrected chi connectivity index (χ4v) is 2.65. The number of aryl methyl sites for hydroxylation is 2. The summed E-state index contributed by atoms with van der Waals surface area (Å²) in [7, 11) is 0. The Labute approximate surface area is 111 Å². The van der Waals surface area contributed by atoms with Gasteiger partial charge in [0, 0.05) is 6.07 Å². The normalized spacial score (nSPS) is 17.3. The smallest absolute Gasteiger partial charge is 0.146 e. The molecule has 2 aromatic carbocycles.